The largest absolute Gasteiger partial charge is 0.460 e. The van der Waals surface area contributed by atoms with Crippen LogP contribution in [0.1, 0.15) is 48.0 Å². The molecule has 7 heteroatoms. The molecule has 0 aliphatic heterocycles. The number of hydrogen-bond donors (Lipinski definition) is 0. The second-order valence-corrected chi connectivity index (χ2v) is 11.3. The lowest BCUT2D eigenvalue weighted by Gasteiger charge is -2.28. The van der Waals surface area contributed by atoms with Crippen LogP contribution < -0.4 is 0 Å². The quantitative estimate of drug-likeness (QED) is 0.463. The van der Waals surface area contributed by atoms with Crippen molar-refractivity contribution in [2.45, 2.75) is 64.1 Å². The summed E-state index contributed by atoms with van der Waals surface area (Å²) in [4.78, 5) is 26.2. The molecular formula is C23H30F2O4S. The third-order valence-corrected chi connectivity index (χ3v) is 6.62. The molecule has 0 aromatic heterocycles. The van der Waals surface area contributed by atoms with Crippen LogP contribution in [0.3, 0.4) is 0 Å². The molecule has 5 atom stereocenters. The molecule has 0 saturated heterocycles. The SMILES string of the molecule is CC(C)(C)OC(=O)C1C(CSc2ccc(F)c(F)c2)CC2C(C(=O)OC(C)(C)C)C21. The van der Waals surface area contributed by atoms with E-state index in [2.05, 4.69) is 0 Å². The molecule has 166 valence electrons. The Kier molecular flexibility index (Phi) is 6.25. The van der Waals surface area contributed by atoms with Crippen molar-refractivity contribution in [3.8, 4) is 0 Å². The zero-order chi connectivity index (χ0) is 22.4. The number of carbonyl (C=O) groups excluding carboxylic acids is 2. The number of ether oxygens (including phenoxy) is 2. The minimum Gasteiger partial charge on any atom is -0.460 e. The van der Waals surface area contributed by atoms with E-state index >= 15 is 0 Å². The normalized spacial score (nSPS) is 28.1. The molecule has 2 aliphatic rings. The van der Waals surface area contributed by atoms with Gasteiger partial charge in [-0.05, 0) is 83.9 Å². The van der Waals surface area contributed by atoms with Crippen molar-refractivity contribution in [1.29, 1.82) is 0 Å². The number of halogens is 2. The summed E-state index contributed by atoms with van der Waals surface area (Å²) in [6.07, 6.45) is 0.717. The molecule has 30 heavy (non-hydrogen) atoms. The fraction of sp³-hybridized carbons (Fsp3) is 0.652. The summed E-state index contributed by atoms with van der Waals surface area (Å²) < 4.78 is 37.9. The Morgan fingerprint density at radius 1 is 0.967 bits per heavy atom. The highest BCUT2D eigenvalue weighted by atomic mass is 32.2. The van der Waals surface area contributed by atoms with Gasteiger partial charge in [0.25, 0.3) is 0 Å². The highest BCUT2D eigenvalue weighted by Crippen LogP contribution is 2.64. The first kappa shape index (κ1) is 23.0. The summed E-state index contributed by atoms with van der Waals surface area (Å²) >= 11 is 1.39. The molecule has 2 aliphatic carbocycles. The minimum atomic E-state index is -0.886. The van der Waals surface area contributed by atoms with E-state index < -0.39 is 28.8 Å². The summed E-state index contributed by atoms with van der Waals surface area (Å²) in [6, 6.07) is 3.81. The molecule has 0 heterocycles. The first-order valence-electron chi connectivity index (χ1n) is 10.3. The maximum atomic E-state index is 13.5. The molecule has 4 nitrogen and oxygen atoms in total. The van der Waals surface area contributed by atoms with Gasteiger partial charge in [-0.25, -0.2) is 8.78 Å². The van der Waals surface area contributed by atoms with Crippen LogP contribution in [0.2, 0.25) is 0 Å². The van der Waals surface area contributed by atoms with Gasteiger partial charge < -0.3 is 9.47 Å². The monoisotopic (exact) mass is 440 g/mol. The van der Waals surface area contributed by atoms with E-state index in [4.69, 9.17) is 9.47 Å². The first-order chi connectivity index (χ1) is 13.8. The lowest BCUT2D eigenvalue weighted by molar-refractivity contribution is -0.163. The van der Waals surface area contributed by atoms with Crippen molar-refractivity contribution in [2.24, 2.45) is 29.6 Å². The Labute approximate surface area is 181 Å². The zero-order valence-corrected chi connectivity index (χ0v) is 19.1. The molecule has 0 amide bonds. The predicted molar refractivity (Wildman–Crippen MR) is 111 cm³/mol. The smallest absolute Gasteiger partial charge is 0.310 e. The van der Waals surface area contributed by atoms with E-state index in [1.54, 1.807) is 0 Å². The Morgan fingerprint density at radius 2 is 1.53 bits per heavy atom. The molecule has 0 N–H and O–H groups in total. The van der Waals surface area contributed by atoms with Gasteiger partial charge >= 0.3 is 11.9 Å². The van der Waals surface area contributed by atoms with Crippen LogP contribution in [-0.2, 0) is 19.1 Å². The number of hydrogen-bond acceptors (Lipinski definition) is 5. The number of esters is 2. The van der Waals surface area contributed by atoms with E-state index in [1.165, 1.54) is 23.9 Å². The van der Waals surface area contributed by atoms with Gasteiger partial charge in [0.1, 0.15) is 11.2 Å². The number of thioether (sulfide) groups is 1. The van der Waals surface area contributed by atoms with Crippen molar-refractivity contribution in [2.75, 3.05) is 5.75 Å². The van der Waals surface area contributed by atoms with Gasteiger partial charge in [-0.1, -0.05) is 0 Å². The van der Waals surface area contributed by atoms with E-state index in [0.717, 1.165) is 12.5 Å². The van der Waals surface area contributed by atoms with Crippen LogP contribution in [-0.4, -0.2) is 28.9 Å². The fourth-order valence-electron chi connectivity index (χ4n) is 4.37. The van der Waals surface area contributed by atoms with E-state index in [0.29, 0.717) is 10.6 Å². The van der Waals surface area contributed by atoms with Crippen molar-refractivity contribution in [1.82, 2.24) is 0 Å². The van der Waals surface area contributed by atoms with Crippen LogP contribution in [0.5, 0.6) is 0 Å². The van der Waals surface area contributed by atoms with Crippen molar-refractivity contribution in [3.63, 3.8) is 0 Å². The molecule has 1 aromatic carbocycles. The van der Waals surface area contributed by atoms with Gasteiger partial charge in [-0.3, -0.25) is 9.59 Å². The Hall–Kier alpha value is -1.63. The van der Waals surface area contributed by atoms with Gasteiger partial charge in [0.05, 0.1) is 11.8 Å². The Balaban J connectivity index is 1.71. The van der Waals surface area contributed by atoms with Crippen LogP contribution in [0, 0.1) is 41.2 Å². The molecule has 0 radical (unpaired) electrons. The van der Waals surface area contributed by atoms with Crippen molar-refractivity contribution < 1.29 is 27.8 Å². The average molecular weight is 441 g/mol. The van der Waals surface area contributed by atoms with Crippen LogP contribution in [0.25, 0.3) is 0 Å². The summed E-state index contributed by atoms with van der Waals surface area (Å²) in [5, 5.41) is 0. The predicted octanol–water partition coefficient (Wildman–Crippen LogP) is 5.24. The van der Waals surface area contributed by atoms with Crippen LogP contribution in [0.4, 0.5) is 8.78 Å². The molecule has 3 rings (SSSR count). The Morgan fingerprint density at radius 3 is 2.07 bits per heavy atom. The van der Waals surface area contributed by atoms with Gasteiger partial charge in [-0.2, -0.15) is 0 Å². The molecule has 5 unspecified atom stereocenters. The van der Waals surface area contributed by atoms with Gasteiger partial charge in [0.2, 0.25) is 0 Å². The highest BCUT2D eigenvalue weighted by molar-refractivity contribution is 7.99. The second-order valence-electron chi connectivity index (χ2n) is 10.2. The number of benzene rings is 1. The second kappa shape index (κ2) is 8.13. The maximum Gasteiger partial charge on any atom is 0.310 e. The summed E-state index contributed by atoms with van der Waals surface area (Å²) in [7, 11) is 0. The third-order valence-electron chi connectivity index (χ3n) is 5.44. The van der Waals surface area contributed by atoms with E-state index in [-0.39, 0.29) is 35.6 Å². The topological polar surface area (TPSA) is 52.6 Å². The summed E-state index contributed by atoms with van der Waals surface area (Å²) in [5.41, 5.74) is -1.19. The Bertz CT molecular complexity index is 827. The summed E-state index contributed by atoms with van der Waals surface area (Å²) in [5.74, 6) is -2.38. The molecular weight excluding hydrogens is 410 g/mol. The van der Waals surface area contributed by atoms with Gasteiger partial charge in [0.15, 0.2) is 11.6 Å². The number of rotatable bonds is 5. The van der Waals surface area contributed by atoms with Crippen molar-refractivity contribution in [3.05, 3.63) is 29.8 Å². The van der Waals surface area contributed by atoms with E-state index in [1.807, 2.05) is 41.5 Å². The van der Waals surface area contributed by atoms with Crippen LogP contribution in [0.15, 0.2) is 23.1 Å². The molecule has 0 spiro atoms. The summed E-state index contributed by atoms with van der Waals surface area (Å²) in [6.45, 7) is 10.9. The average Bonchev–Trinajstić information content (AvgIpc) is 3.14. The molecule has 2 fully saturated rings. The minimum absolute atomic E-state index is 0.00616. The lowest BCUT2D eigenvalue weighted by Crippen LogP contribution is -2.35. The third kappa shape index (κ3) is 5.34. The van der Waals surface area contributed by atoms with Crippen molar-refractivity contribution >= 4 is 23.7 Å². The van der Waals surface area contributed by atoms with Gasteiger partial charge in [-0.15, -0.1) is 11.8 Å². The molecule has 2 saturated carbocycles. The molecule has 1 aromatic rings. The van der Waals surface area contributed by atoms with Gasteiger partial charge in [0, 0.05) is 10.6 Å². The number of carbonyl (C=O) groups is 2. The standard InChI is InChI=1S/C23H30F2O4S/c1-22(2,3)28-20(26)17-12(11-30-13-7-8-15(24)16(25)10-13)9-14-18(17)19(14)21(27)29-23(4,5)6/h7-8,10,12,14,17-19H,9,11H2,1-6H3. The zero-order valence-electron chi connectivity index (χ0n) is 18.3. The first-order valence-corrected chi connectivity index (χ1v) is 11.3. The van der Waals surface area contributed by atoms with E-state index in [9.17, 15) is 18.4 Å². The number of fused-ring (bicyclic) bond motifs is 1. The lowest BCUT2D eigenvalue weighted by atomic mass is 9.89. The van der Waals surface area contributed by atoms with Crippen LogP contribution >= 0.6 is 11.8 Å². The maximum absolute atomic E-state index is 13.5. The fourth-order valence-corrected chi connectivity index (χ4v) is 5.47. The molecule has 0 bridgehead atoms. The highest BCUT2D eigenvalue weighted by Gasteiger charge is 2.67.